The van der Waals surface area contributed by atoms with E-state index < -0.39 is 8.07 Å². The Hall–Kier alpha value is -0.203. The molecule has 1 unspecified atom stereocenters. The first-order valence-electron chi connectivity index (χ1n) is 4.60. The van der Waals surface area contributed by atoms with E-state index in [9.17, 15) is 0 Å². The van der Waals surface area contributed by atoms with Gasteiger partial charge in [0.2, 0.25) is 5.14 Å². The Morgan fingerprint density at radius 1 is 1.50 bits per heavy atom. The molecule has 0 aliphatic heterocycles. The molecule has 0 aliphatic carbocycles. The quantitative estimate of drug-likeness (QED) is 0.613. The summed E-state index contributed by atoms with van der Waals surface area (Å²) in [7, 11) is -1.00. The molecule has 1 heterocycles. The zero-order valence-electron chi connectivity index (χ0n) is 8.77. The van der Waals surface area contributed by atoms with E-state index in [1.54, 1.807) is 17.1 Å². The summed E-state index contributed by atoms with van der Waals surface area (Å²) in [6.07, 6.45) is 3.41. The van der Waals surface area contributed by atoms with Crippen molar-refractivity contribution in [2.75, 3.05) is 6.61 Å². The Labute approximate surface area is 93.8 Å². The maximum atomic E-state index is 5.57. The Morgan fingerprint density at radius 3 is 2.71 bits per heavy atom. The summed E-state index contributed by atoms with van der Waals surface area (Å²) < 4.78 is 7.22. The molecule has 0 spiro atoms. The van der Waals surface area contributed by atoms with Crippen molar-refractivity contribution in [2.45, 2.75) is 30.8 Å². The van der Waals surface area contributed by atoms with Gasteiger partial charge in [0.25, 0.3) is 0 Å². The van der Waals surface area contributed by atoms with Gasteiger partial charge in [0.1, 0.15) is 0 Å². The topological polar surface area (TPSA) is 39.9 Å². The molecule has 6 heteroatoms. The number of halogens is 1. The molecule has 0 saturated heterocycles. The van der Waals surface area contributed by atoms with Crippen molar-refractivity contribution in [1.29, 1.82) is 0 Å². The minimum atomic E-state index is -1.00. The molecule has 0 N–H and O–H groups in total. The van der Waals surface area contributed by atoms with Crippen LogP contribution in [0.4, 0.5) is 0 Å². The van der Waals surface area contributed by atoms with Gasteiger partial charge in [-0.3, -0.25) is 0 Å². The van der Waals surface area contributed by atoms with E-state index in [-0.39, 0.29) is 5.14 Å². The predicted octanol–water partition coefficient (Wildman–Crippen LogP) is 2.48. The van der Waals surface area contributed by atoms with Gasteiger partial charge in [-0.1, -0.05) is 24.9 Å². The highest BCUT2D eigenvalue weighted by molar-refractivity contribution is 9.09. The lowest BCUT2D eigenvalue weighted by molar-refractivity contribution is 0.0738. The lowest BCUT2D eigenvalue weighted by atomic mass is 10.8. The van der Waals surface area contributed by atoms with E-state index in [0.717, 1.165) is 12.7 Å². The molecule has 0 radical (unpaired) electrons. The van der Waals surface area contributed by atoms with Crippen LogP contribution in [0, 0.1) is 0 Å². The van der Waals surface area contributed by atoms with E-state index in [2.05, 4.69) is 45.9 Å². The zero-order valence-corrected chi connectivity index (χ0v) is 11.4. The van der Waals surface area contributed by atoms with Crippen molar-refractivity contribution in [3.8, 4) is 0 Å². The van der Waals surface area contributed by atoms with E-state index in [1.165, 1.54) is 0 Å². The summed E-state index contributed by atoms with van der Waals surface area (Å²) in [5.74, 6) is 0. The highest BCUT2D eigenvalue weighted by atomic mass is 79.9. The largest absolute Gasteiger partial charge is 0.347 e. The van der Waals surface area contributed by atoms with Gasteiger partial charge in [-0.25, -0.2) is 4.68 Å². The summed E-state index contributed by atoms with van der Waals surface area (Å²) in [6, 6.07) is 1.16. The first-order chi connectivity index (χ1) is 6.49. The average molecular weight is 278 g/mol. The van der Waals surface area contributed by atoms with Crippen LogP contribution in [0.5, 0.6) is 0 Å². The molecule has 1 rings (SSSR count). The molecule has 0 amide bonds. The number of ether oxygens (including phenoxy) is 1. The molecule has 14 heavy (non-hydrogen) atoms. The second-order valence-corrected chi connectivity index (χ2v) is 10.8. The third-order valence-corrected chi connectivity index (χ3v) is 4.14. The molecule has 1 aromatic rings. The average Bonchev–Trinajstić information content (AvgIpc) is 2.53. The summed E-state index contributed by atoms with van der Waals surface area (Å²) in [5.41, 5.74) is 0. The maximum absolute atomic E-state index is 5.57. The van der Waals surface area contributed by atoms with Crippen molar-refractivity contribution in [1.82, 2.24) is 15.0 Å². The minimum Gasteiger partial charge on any atom is -0.347 e. The van der Waals surface area contributed by atoms with Gasteiger partial charge < -0.3 is 4.74 Å². The van der Waals surface area contributed by atoms with E-state index in [0.29, 0.717) is 0 Å². The molecule has 0 aromatic carbocycles. The van der Waals surface area contributed by atoms with Crippen molar-refractivity contribution >= 4 is 24.0 Å². The van der Waals surface area contributed by atoms with E-state index in [1.807, 2.05) is 0 Å². The van der Waals surface area contributed by atoms with E-state index >= 15 is 0 Å². The number of nitrogens with zero attached hydrogens (tertiary/aromatic N) is 3. The number of aromatic nitrogens is 3. The van der Waals surface area contributed by atoms with Crippen molar-refractivity contribution in [2.24, 2.45) is 0 Å². The fraction of sp³-hybridized carbons (Fsp3) is 0.750. The molecule has 0 bridgehead atoms. The summed E-state index contributed by atoms with van der Waals surface area (Å²) in [5, 5.41) is 7.36. The van der Waals surface area contributed by atoms with Gasteiger partial charge in [-0.05, 0) is 22.0 Å². The number of hydrogen-bond donors (Lipinski definition) is 0. The standard InChI is InChI=1S/C8H16BrN3OSi/c1-14(2,3)7-6-13-8(9)12-5-4-10-11-12/h4-5,8H,6-7H2,1-3H3. The molecule has 4 nitrogen and oxygen atoms in total. The third kappa shape index (κ3) is 4.34. The van der Waals surface area contributed by atoms with Crippen LogP contribution in [0.3, 0.4) is 0 Å². The highest BCUT2D eigenvalue weighted by Gasteiger charge is 2.14. The lowest BCUT2D eigenvalue weighted by Crippen LogP contribution is -2.22. The van der Waals surface area contributed by atoms with Crippen molar-refractivity contribution in [3.63, 3.8) is 0 Å². The third-order valence-electron chi connectivity index (χ3n) is 1.76. The van der Waals surface area contributed by atoms with Crippen LogP contribution in [-0.4, -0.2) is 29.7 Å². The molecule has 80 valence electrons. The summed E-state index contributed by atoms with van der Waals surface area (Å²) >= 11 is 3.39. The van der Waals surface area contributed by atoms with Gasteiger partial charge in [0.05, 0.1) is 6.20 Å². The molecule has 1 aromatic heterocycles. The van der Waals surface area contributed by atoms with Gasteiger partial charge in [-0.2, -0.15) is 0 Å². The van der Waals surface area contributed by atoms with Gasteiger partial charge in [0, 0.05) is 20.9 Å². The van der Waals surface area contributed by atoms with Gasteiger partial charge >= 0.3 is 0 Å². The van der Waals surface area contributed by atoms with Crippen LogP contribution in [0.1, 0.15) is 5.14 Å². The monoisotopic (exact) mass is 277 g/mol. The van der Waals surface area contributed by atoms with Crippen LogP contribution in [0.2, 0.25) is 25.7 Å². The molecule has 1 atom stereocenters. The molecular formula is C8H16BrN3OSi. The Bertz CT molecular complexity index is 260. The maximum Gasteiger partial charge on any atom is 0.208 e. The molecule has 0 fully saturated rings. The van der Waals surface area contributed by atoms with Crippen LogP contribution >= 0.6 is 15.9 Å². The highest BCUT2D eigenvalue weighted by Crippen LogP contribution is 2.16. The minimum absolute atomic E-state index is 0.193. The molecular weight excluding hydrogens is 262 g/mol. The molecule has 0 saturated carbocycles. The Morgan fingerprint density at radius 2 is 2.21 bits per heavy atom. The summed E-state index contributed by atoms with van der Waals surface area (Å²) in [6.45, 7) is 7.75. The fourth-order valence-corrected chi connectivity index (χ4v) is 2.00. The van der Waals surface area contributed by atoms with Crippen LogP contribution in [-0.2, 0) is 4.74 Å². The number of hydrogen-bond acceptors (Lipinski definition) is 3. The fourth-order valence-electron chi connectivity index (χ4n) is 0.864. The second kappa shape index (κ2) is 5.04. The zero-order chi connectivity index (χ0) is 10.6. The van der Waals surface area contributed by atoms with Gasteiger partial charge in [-0.15, -0.1) is 5.10 Å². The first kappa shape index (κ1) is 11.9. The van der Waals surface area contributed by atoms with Crippen LogP contribution < -0.4 is 0 Å². The number of rotatable bonds is 5. The van der Waals surface area contributed by atoms with Gasteiger partial charge in [0.15, 0.2) is 0 Å². The second-order valence-electron chi connectivity index (χ2n) is 4.36. The Balaban J connectivity index is 2.26. The van der Waals surface area contributed by atoms with Crippen molar-refractivity contribution < 1.29 is 4.74 Å². The predicted molar refractivity (Wildman–Crippen MR) is 62.1 cm³/mol. The van der Waals surface area contributed by atoms with Crippen molar-refractivity contribution in [3.05, 3.63) is 12.4 Å². The Kier molecular flexibility index (Phi) is 4.27. The van der Waals surface area contributed by atoms with Crippen LogP contribution in [0.25, 0.3) is 0 Å². The SMILES string of the molecule is C[Si](C)(C)CCOC(Br)n1ccnn1. The first-order valence-corrected chi connectivity index (χ1v) is 9.23. The van der Waals surface area contributed by atoms with Crippen LogP contribution in [0.15, 0.2) is 12.4 Å². The lowest BCUT2D eigenvalue weighted by Gasteiger charge is -2.17. The molecule has 0 aliphatic rings. The smallest absolute Gasteiger partial charge is 0.208 e. The summed E-state index contributed by atoms with van der Waals surface area (Å²) in [4.78, 5) is 0. The van der Waals surface area contributed by atoms with E-state index in [4.69, 9.17) is 4.74 Å². The normalized spacial score (nSPS) is 14.3. The number of alkyl halides is 1.